The molecule has 0 atom stereocenters. The maximum absolute atomic E-state index is 11.9. The SMILES string of the molecule is CCCCCC(=O)N(C)CCOc1ccc(Cc2sc(=O)[nH]c2O)cc1. The van der Waals surface area contributed by atoms with Crippen LogP contribution in [-0.4, -0.2) is 41.1 Å². The molecule has 26 heavy (non-hydrogen) atoms. The highest BCUT2D eigenvalue weighted by molar-refractivity contribution is 7.09. The lowest BCUT2D eigenvalue weighted by Crippen LogP contribution is -2.30. The van der Waals surface area contributed by atoms with Crippen molar-refractivity contribution < 1.29 is 14.6 Å². The molecule has 1 amide bonds. The molecule has 0 saturated heterocycles. The summed E-state index contributed by atoms with van der Waals surface area (Å²) in [6, 6.07) is 7.51. The van der Waals surface area contributed by atoms with E-state index < -0.39 is 0 Å². The maximum atomic E-state index is 11.9. The lowest BCUT2D eigenvalue weighted by Gasteiger charge is -2.17. The van der Waals surface area contributed by atoms with Crippen LogP contribution in [0.4, 0.5) is 0 Å². The Balaban J connectivity index is 1.76. The van der Waals surface area contributed by atoms with E-state index in [1.807, 2.05) is 24.3 Å². The van der Waals surface area contributed by atoms with E-state index in [0.29, 0.717) is 30.9 Å². The van der Waals surface area contributed by atoms with E-state index in [2.05, 4.69) is 11.9 Å². The quantitative estimate of drug-likeness (QED) is 0.622. The molecule has 0 radical (unpaired) electrons. The van der Waals surface area contributed by atoms with Crippen LogP contribution in [0.15, 0.2) is 29.1 Å². The third-order valence-electron chi connectivity index (χ3n) is 4.10. The van der Waals surface area contributed by atoms with Crippen LogP contribution in [0.1, 0.15) is 43.0 Å². The number of likely N-dealkylation sites (N-methyl/N-ethyl adjacent to an activating group) is 1. The van der Waals surface area contributed by atoms with Crippen LogP contribution in [-0.2, 0) is 11.2 Å². The average Bonchev–Trinajstić information content (AvgIpc) is 2.93. The summed E-state index contributed by atoms with van der Waals surface area (Å²) in [6.07, 6.45) is 4.22. The average molecular weight is 378 g/mol. The predicted octanol–water partition coefficient (Wildman–Crippen LogP) is 3.15. The molecule has 0 aliphatic heterocycles. The molecule has 0 aliphatic rings. The molecular weight excluding hydrogens is 352 g/mol. The van der Waals surface area contributed by atoms with Crippen molar-refractivity contribution in [3.05, 3.63) is 44.4 Å². The van der Waals surface area contributed by atoms with Crippen LogP contribution in [0.25, 0.3) is 0 Å². The summed E-state index contributed by atoms with van der Waals surface area (Å²) in [4.78, 5) is 27.6. The van der Waals surface area contributed by atoms with Gasteiger partial charge in [0.2, 0.25) is 11.8 Å². The standard InChI is InChI=1S/C19H26N2O4S/c1-3-4-5-6-17(22)21(2)11-12-25-15-9-7-14(8-10-15)13-16-18(23)20-19(24)26-16/h7-10,23H,3-6,11-13H2,1-2H3,(H,20,24). The Labute approximate surface area is 157 Å². The van der Waals surface area contributed by atoms with Gasteiger partial charge in [-0.3, -0.25) is 14.6 Å². The van der Waals surface area contributed by atoms with E-state index in [-0.39, 0.29) is 16.7 Å². The van der Waals surface area contributed by atoms with Crippen LogP contribution in [0.2, 0.25) is 0 Å². The largest absolute Gasteiger partial charge is 0.494 e. The van der Waals surface area contributed by atoms with E-state index >= 15 is 0 Å². The third kappa shape index (κ3) is 6.22. The molecule has 0 saturated carbocycles. The van der Waals surface area contributed by atoms with Crippen LogP contribution >= 0.6 is 11.3 Å². The van der Waals surface area contributed by atoms with Gasteiger partial charge in [0.05, 0.1) is 11.4 Å². The fourth-order valence-electron chi connectivity index (χ4n) is 2.50. The summed E-state index contributed by atoms with van der Waals surface area (Å²) in [5.41, 5.74) is 0.978. The monoisotopic (exact) mass is 378 g/mol. The minimum Gasteiger partial charge on any atom is -0.494 e. The first-order chi connectivity index (χ1) is 12.5. The Morgan fingerprint density at radius 3 is 2.62 bits per heavy atom. The summed E-state index contributed by atoms with van der Waals surface area (Å²) >= 11 is 1.01. The summed E-state index contributed by atoms with van der Waals surface area (Å²) in [5, 5.41) is 9.63. The number of unbranched alkanes of at least 4 members (excludes halogenated alkanes) is 2. The first-order valence-corrected chi connectivity index (χ1v) is 9.68. The second-order valence-electron chi connectivity index (χ2n) is 6.23. The molecule has 2 rings (SSSR count). The first-order valence-electron chi connectivity index (χ1n) is 8.86. The van der Waals surface area contributed by atoms with Crippen molar-refractivity contribution in [1.82, 2.24) is 9.88 Å². The fourth-order valence-corrected chi connectivity index (χ4v) is 3.26. The van der Waals surface area contributed by atoms with Gasteiger partial charge in [-0.2, -0.15) is 0 Å². The highest BCUT2D eigenvalue weighted by atomic mass is 32.1. The molecule has 1 aromatic heterocycles. The second-order valence-corrected chi connectivity index (χ2v) is 7.30. The van der Waals surface area contributed by atoms with E-state index in [1.165, 1.54) is 0 Å². The number of aromatic amines is 1. The minimum absolute atomic E-state index is 0.0630. The Morgan fingerprint density at radius 2 is 2.00 bits per heavy atom. The molecule has 0 aliphatic carbocycles. The van der Waals surface area contributed by atoms with Gasteiger partial charge in [0.25, 0.3) is 0 Å². The van der Waals surface area contributed by atoms with Crippen molar-refractivity contribution in [2.24, 2.45) is 0 Å². The highest BCUT2D eigenvalue weighted by Crippen LogP contribution is 2.21. The number of benzene rings is 1. The summed E-state index contributed by atoms with van der Waals surface area (Å²) in [6.45, 7) is 3.11. The number of nitrogens with zero attached hydrogens (tertiary/aromatic N) is 1. The number of carbonyl (C=O) groups excluding carboxylic acids is 1. The molecule has 1 aromatic carbocycles. The number of hydrogen-bond acceptors (Lipinski definition) is 5. The Morgan fingerprint density at radius 1 is 1.27 bits per heavy atom. The van der Waals surface area contributed by atoms with Crippen molar-refractivity contribution in [2.45, 2.75) is 39.0 Å². The van der Waals surface area contributed by atoms with Crippen molar-refractivity contribution >= 4 is 17.2 Å². The van der Waals surface area contributed by atoms with Crippen LogP contribution in [0, 0.1) is 0 Å². The van der Waals surface area contributed by atoms with Crippen molar-refractivity contribution in [3.8, 4) is 11.6 Å². The lowest BCUT2D eigenvalue weighted by atomic mass is 10.1. The van der Waals surface area contributed by atoms with Crippen LogP contribution in [0.5, 0.6) is 11.6 Å². The zero-order valence-corrected chi connectivity index (χ0v) is 16.1. The third-order valence-corrected chi connectivity index (χ3v) is 4.98. The van der Waals surface area contributed by atoms with E-state index in [4.69, 9.17) is 4.74 Å². The number of aromatic hydroxyl groups is 1. The normalized spacial score (nSPS) is 10.7. The molecule has 0 unspecified atom stereocenters. The van der Waals surface area contributed by atoms with E-state index in [1.54, 1.807) is 11.9 Å². The molecular formula is C19H26N2O4S. The van der Waals surface area contributed by atoms with Crippen molar-refractivity contribution in [2.75, 3.05) is 20.2 Å². The zero-order chi connectivity index (χ0) is 18.9. The Bertz CT molecular complexity index is 752. The van der Waals surface area contributed by atoms with Gasteiger partial charge >= 0.3 is 4.87 Å². The van der Waals surface area contributed by atoms with Gasteiger partial charge in [-0.05, 0) is 24.1 Å². The molecule has 1 heterocycles. The van der Waals surface area contributed by atoms with E-state index in [9.17, 15) is 14.7 Å². The zero-order valence-electron chi connectivity index (χ0n) is 15.3. The fraction of sp³-hybridized carbons (Fsp3) is 0.474. The van der Waals surface area contributed by atoms with Crippen LogP contribution < -0.4 is 9.61 Å². The van der Waals surface area contributed by atoms with Gasteiger partial charge < -0.3 is 14.7 Å². The lowest BCUT2D eigenvalue weighted by molar-refractivity contribution is -0.130. The number of thiazole rings is 1. The van der Waals surface area contributed by atoms with E-state index in [0.717, 1.165) is 41.9 Å². The molecule has 0 fully saturated rings. The summed E-state index contributed by atoms with van der Waals surface area (Å²) in [7, 11) is 1.80. The topological polar surface area (TPSA) is 82.6 Å². The van der Waals surface area contributed by atoms with Gasteiger partial charge in [-0.15, -0.1) is 0 Å². The molecule has 142 valence electrons. The molecule has 2 N–H and O–H groups in total. The molecule has 7 heteroatoms. The first kappa shape index (κ1) is 20.0. The van der Waals surface area contributed by atoms with Gasteiger partial charge in [-0.1, -0.05) is 43.2 Å². The van der Waals surface area contributed by atoms with Gasteiger partial charge in [0.1, 0.15) is 12.4 Å². The molecule has 0 bridgehead atoms. The van der Waals surface area contributed by atoms with Gasteiger partial charge in [-0.25, -0.2) is 0 Å². The number of carbonyl (C=O) groups is 1. The minimum atomic E-state index is -0.259. The second kappa shape index (κ2) is 10.0. The number of nitrogens with one attached hydrogen (secondary N) is 1. The van der Waals surface area contributed by atoms with Gasteiger partial charge in [0, 0.05) is 19.9 Å². The number of aromatic nitrogens is 1. The highest BCUT2D eigenvalue weighted by Gasteiger charge is 2.09. The predicted molar refractivity (Wildman–Crippen MR) is 103 cm³/mol. The molecule has 6 nitrogen and oxygen atoms in total. The number of rotatable bonds is 10. The number of hydrogen-bond donors (Lipinski definition) is 2. The molecule has 2 aromatic rings. The van der Waals surface area contributed by atoms with Gasteiger partial charge in [0.15, 0.2) is 0 Å². The Hall–Kier alpha value is -2.28. The van der Waals surface area contributed by atoms with Crippen molar-refractivity contribution in [3.63, 3.8) is 0 Å². The Kier molecular flexibility index (Phi) is 7.72. The summed E-state index contributed by atoms with van der Waals surface area (Å²) < 4.78 is 5.69. The smallest absolute Gasteiger partial charge is 0.307 e. The molecule has 0 spiro atoms. The maximum Gasteiger partial charge on any atom is 0.307 e. The van der Waals surface area contributed by atoms with Crippen molar-refractivity contribution in [1.29, 1.82) is 0 Å². The number of H-pyrrole nitrogens is 1. The summed E-state index contributed by atoms with van der Waals surface area (Å²) in [5.74, 6) is 0.821. The number of amides is 1. The number of ether oxygens (including phenoxy) is 1. The van der Waals surface area contributed by atoms with Crippen LogP contribution in [0.3, 0.4) is 0 Å².